The van der Waals surface area contributed by atoms with Gasteiger partial charge in [-0.2, -0.15) is 0 Å². The number of rotatable bonds is 4. The van der Waals surface area contributed by atoms with Gasteiger partial charge in [-0.25, -0.2) is 4.79 Å². The molecule has 0 bridgehead atoms. The molecule has 0 radical (unpaired) electrons. The first-order chi connectivity index (χ1) is 8.58. The van der Waals surface area contributed by atoms with Crippen molar-refractivity contribution in [1.82, 2.24) is 0 Å². The summed E-state index contributed by atoms with van der Waals surface area (Å²) >= 11 is 1.24. The highest BCUT2D eigenvalue weighted by atomic mass is 32.1. The topological polar surface area (TPSA) is 46.5 Å². The van der Waals surface area contributed by atoms with Gasteiger partial charge in [0.25, 0.3) is 0 Å². The zero-order valence-electron chi connectivity index (χ0n) is 10.2. The lowest BCUT2D eigenvalue weighted by atomic mass is 10.1. The monoisotopic (exact) mass is 262 g/mol. The van der Waals surface area contributed by atoms with Gasteiger partial charge in [-0.3, -0.25) is 0 Å². The minimum atomic E-state index is -0.887. The van der Waals surface area contributed by atoms with Crippen LogP contribution >= 0.6 is 11.3 Å². The predicted molar refractivity (Wildman–Crippen MR) is 72.5 cm³/mol. The van der Waals surface area contributed by atoms with Crippen LogP contribution in [0.15, 0.2) is 35.7 Å². The molecule has 2 rings (SSSR count). The molecule has 18 heavy (non-hydrogen) atoms. The molecule has 0 aliphatic heterocycles. The van der Waals surface area contributed by atoms with Gasteiger partial charge in [-0.15, -0.1) is 11.3 Å². The molecule has 3 nitrogen and oxygen atoms in total. The van der Waals surface area contributed by atoms with Crippen molar-refractivity contribution in [3.63, 3.8) is 0 Å². The van der Waals surface area contributed by atoms with Gasteiger partial charge in [0.05, 0.1) is 6.10 Å². The summed E-state index contributed by atoms with van der Waals surface area (Å²) in [5.41, 5.74) is 1.65. The normalized spacial score (nSPS) is 10.6. The van der Waals surface area contributed by atoms with Crippen molar-refractivity contribution in [3.05, 3.63) is 40.6 Å². The number of aromatic carboxylic acids is 1. The zero-order chi connectivity index (χ0) is 13.1. The maximum Gasteiger partial charge on any atom is 0.346 e. The van der Waals surface area contributed by atoms with Crippen molar-refractivity contribution in [3.8, 4) is 16.9 Å². The number of thiophene rings is 1. The SMILES string of the molecule is CC(C)Oc1ccc(-c2ccsc2C(=O)O)cc1. The van der Waals surface area contributed by atoms with Crippen LogP contribution in [0.25, 0.3) is 11.1 Å². The van der Waals surface area contributed by atoms with Crippen LogP contribution in [-0.2, 0) is 0 Å². The third-order valence-corrected chi connectivity index (χ3v) is 3.30. The van der Waals surface area contributed by atoms with E-state index in [-0.39, 0.29) is 6.10 Å². The first-order valence-corrected chi connectivity index (χ1v) is 6.54. The number of carbonyl (C=O) groups is 1. The van der Waals surface area contributed by atoms with E-state index in [1.807, 2.05) is 44.2 Å². The smallest absolute Gasteiger partial charge is 0.346 e. The van der Waals surface area contributed by atoms with E-state index in [1.165, 1.54) is 11.3 Å². The molecule has 0 spiro atoms. The summed E-state index contributed by atoms with van der Waals surface area (Å²) in [7, 11) is 0. The molecule has 0 atom stereocenters. The summed E-state index contributed by atoms with van der Waals surface area (Å²) in [5.74, 6) is -0.0941. The molecule has 1 aromatic heterocycles. The van der Waals surface area contributed by atoms with Gasteiger partial charge in [0, 0.05) is 5.56 Å². The standard InChI is InChI=1S/C14H14O3S/c1-9(2)17-11-5-3-10(4-6-11)12-7-8-18-13(12)14(15)16/h3-9H,1-2H3,(H,15,16). The first kappa shape index (κ1) is 12.6. The van der Waals surface area contributed by atoms with Crippen LogP contribution in [0, 0.1) is 0 Å². The Bertz CT molecular complexity index is 540. The number of ether oxygens (including phenoxy) is 1. The van der Waals surface area contributed by atoms with Gasteiger partial charge in [0.1, 0.15) is 10.6 Å². The molecule has 94 valence electrons. The van der Waals surface area contributed by atoms with Crippen molar-refractivity contribution in [1.29, 1.82) is 0 Å². The Hall–Kier alpha value is -1.81. The van der Waals surface area contributed by atoms with E-state index < -0.39 is 5.97 Å². The van der Waals surface area contributed by atoms with E-state index in [1.54, 1.807) is 5.38 Å². The quantitative estimate of drug-likeness (QED) is 0.909. The van der Waals surface area contributed by atoms with Gasteiger partial charge in [0.15, 0.2) is 0 Å². The average molecular weight is 262 g/mol. The lowest BCUT2D eigenvalue weighted by Gasteiger charge is -2.10. The van der Waals surface area contributed by atoms with E-state index in [0.29, 0.717) is 4.88 Å². The summed E-state index contributed by atoms with van der Waals surface area (Å²) in [6.45, 7) is 3.94. The maximum atomic E-state index is 11.1. The highest BCUT2D eigenvalue weighted by molar-refractivity contribution is 7.12. The van der Waals surface area contributed by atoms with E-state index in [9.17, 15) is 4.79 Å². The number of benzene rings is 1. The summed E-state index contributed by atoms with van der Waals surface area (Å²) in [4.78, 5) is 11.4. The van der Waals surface area contributed by atoms with Crippen LogP contribution in [-0.4, -0.2) is 17.2 Å². The minimum Gasteiger partial charge on any atom is -0.491 e. The molecular weight excluding hydrogens is 248 g/mol. The van der Waals surface area contributed by atoms with Crippen molar-refractivity contribution < 1.29 is 14.6 Å². The molecule has 0 fully saturated rings. The van der Waals surface area contributed by atoms with Gasteiger partial charge in [-0.05, 0) is 43.0 Å². The lowest BCUT2D eigenvalue weighted by Crippen LogP contribution is -2.05. The van der Waals surface area contributed by atoms with Crippen LogP contribution in [0.1, 0.15) is 23.5 Å². The average Bonchev–Trinajstić information content (AvgIpc) is 2.78. The van der Waals surface area contributed by atoms with Gasteiger partial charge in [0.2, 0.25) is 0 Å². The molecule has 0 unspecified atom stereocenters. The van der Waals surface area contributed by atoms with E-state index >= 15 is 0 Å². The zero-order valence-corrected chi connectivity index (χ0v) is 11.0. The fourth-order valence-corrected chi connectivity index (χ4v) is 2.44. The minimum absolute atomic E-state index is 0.131. The molecule has 2 aromatic rings. The fraction of sp³-hybridized carbons (Fsp3) is 0.214. The third-order valence-electron chi connectivity index (χ3n) is 2.40. The second kappa shape index (κ2) is 5.23. The highest BCUT2D eigenvalue weighted by Gasteiger charge is 2.13. The van der Waals surface area contributed by atoms with Crippen LogP contribution in [0.2, 0.25) is 0 Å². The molecule has 0 amide bonds. The van der Waals surface area contributed by atoms with Crippen LogP contribution < -0.4 is 4.74 Å². The number of hydrogen-bond donors (Lipinski definition) is 1. The molecule has 1 aromatic carbocycles. The molecule has 0 saturated heterocycles. The Labute approximate surface area is 110 Å². The highest BCUT2D eigenvalue weighted by Crippen LogP contribution is 2.29. The van der Waals surface area contributed by atoms with Crippen molar-refractivity contribution >= 4 is 17.3 Å². The van der Waals surface area contributed by atoms with Crippen LogP contribution in [0.4, 0.5) is 0 Å². The molecule has 1 heterocycles. The number of hydrogen-bond acceptors (Lipinski definition) is 3. The molecule has 4 heteroatoms. The Morgan fingerprint density at radius 3 is 2.44 bits per heavy atom. The Kier molecular flexibility index (Phi) is 3.67. The molecule has 1 N–H and O–H groups in total. The largest absolute Gasteiger partial charge is 0.491 e. The number of carboxylic acids is 1. The molecular formula is C14H14O3S. The Balaban J connectivity index is 2.29. The summed E-state index contributed by atoms with van der Waals surface area (Å²) in [5, 5.41) is 10.9. The van der Waals surface area contributed by atoms with Crippen LogP contribution in [0.5, 0.6) is 5.75 Å². The second-order valence-electron chi connectivity index (χ2n) is 4.16. The summed E-state index contributed by atoms with van der Waals surface area (Å²) < 4.78 is 5.55. The molecule has 0 aliphatic carbocycles. The molecule has 0 saturated carbocycles. The number of carboxylic acid groups (broad SMARTS) is 1. The Morgan fingerprint density at radius 2 is 1.89 bits per heavy atom. The summed E-state index contributed by atoms with van der Waals surface area (Å²) in [6, 6.07) is 9.31. The van der Waals surface area contributed by atoms with E-state index in [0.717, 1.165) is 16.9 Å². The first-order valence-electron chi connectivity index (χ1n) is 5.66. The maximum absolute atomic E-state index is 11.1. The van der Waals surface area contributed by atoms with Crippen LogP contribution in [0.3, 0.4) is 0 Å². The Morgan fingerprint density at radius 1 is 1.22 bits per heavy atom. The fourth-order valence-electron chi connectivity index (χ4n) is 1.69. The van der Waals surface area contributed by atoms with Crippen molar-refractivity contribution in [2.45, 2.75) is 20.0 Å². The van der Waals surface area contributed by atoms with Gasteiger partial charge in [-0.1, -0.05) is 12.1 Å². The third kappa shape index (κ3) is 2.71. The predicted octanol–water partition coefficient (Wildman–Crippen LogP) is 3.90. The molecule has 0 aliphatic rings. The lowest BCUT2D eigenvalue weighted by molar-refractivity contribution is 0.0703. The van der Waals surface area contributed by atoms with Gasteiger partial charge >= 0.3 is 5.97 Å². The summed E-state index contributed by atoms with van der Waals surface area (Å²) in [6.07, 6.45) is 0.131. The van der Waals surface area contributed by atoms with E-state index in [4.69, 9.17) is 9.84 Å². The second-order valence-corrected chi connectivity index (χ2v) is 5.08. The van der Waals surface area contributed by atoms with E-state index in [2.05, 4.69) is 0 Å². The van der Waals surface area contributed by atoms with Crippen molar-refractivity contribution in [2.24, 2.45) is 0 Å². The van der Waals surface area contributed by atoms with Crippen molar-refractivity contribution in [2.75, 3.05) is 0 Å². The van der Waals surface area contributed by atoms with Gasteiger partial charge < -0.3 is 9.84 Å².